The molecule has 0 radical (unpaired) electrons. The summed E-state index contributed by atoms with van der Waals surface area (Å²) in [7, 11) is 0. The quantitative estimate of drug-likeness (QED) is 0.357. The van der Waals surface area contributed by atoms with E-state index in [9.17, 15) is 0 Å². The minimum atomic E-state index is 0.458. The summed E-state index contributed by atoms with van der Waals surface area (Å²) >= 11 is 0. The molecule has 0 aliphatic heterocycles. The van der Waals surface area contributed by atoms with Crippen molar-refractivity contribution in [2.45, 2.75) is 33.7 Å². The molecule has 2 aromatic heterocycles. The summed E-state index contributed by atoms with van der Waals surface area (Å²) in [6, 6.07) is 12.0. The van der Waals surface area contributed by atoms with Crippen molar-refractivity contribution in [2.75, 3.05) is 19.7 Å². The highest BCUT2D eigenvalue weighted by molar-refractivity contribution is 5.79. The first-order valence-electron chi connectivity index (χ1n) is 9.69. The van der Waals surface area contributed by atoms with Gasteiger partial charge in [-0.05, 0) is 50.5 Å². The molecule has 0 spiro atoms. The molecule has 1 aromatic carbocycles. The van der Waals surface area contributed by atoms with Crippen LogP contribution in [0.15, 0.2) is 47.6 Å². The molecule has 3 rings (SSSR count). The summed E-state index contributed by atoms with van der Waals surface area (Å²) in [5.41, 5.74) is 3.17. The first kappa shape index (κ1) is 19.7. The van der Waals surface area contributed by atoms with Crippen LogP contribution in [0, 0.1) is 13.8 Å². The maximum absolute atomic E-state index is 5.95. The van der Waals surface area contributed by atoms with E-state index in [0.29, 0.717) is 13.2 Å². The van der Waals surface area contributed by atoms with Crippen LogP contribution in [0.3, 0.4) is 0 Å². The van der Waals surface area contributed by atoms with Crippen LogP contribution < -0.4 is 15.4 Å². The fourth-order valence-corrected chi connectivity index (χ4v) is 2.97. The van der Waals surface area contributed by atoms with Gasteiger partial charge in [0.25, 0.3) is 0 Å². The van der Waals surface area contributed by atoms with Crippen LogP contribution in [-0.4, -0.2) is 40.3 Å². The molecule has 2 N–H and O–H groups in total. The second kappa shape index (κ2) is 9.73. The number of aryl methyl sites for hydroxylation is 2. The number of nitrogens with zero attached hydrogens (tertiary/aromatic N) is 4. The third-order valence-corrected chi connectivity index (χ3v) is 4.38. The molecule has 3 aromatic rings. The summed E-state index contributed by atoms with van der Waals surface area (Å²) in [5.74, 6) is 2.56. The fourth-order valence-electron chi connectivity index (χ4n) is 2.97. The minimum Gasteiger partial charge on any atom is -0.493 e. The van der Waals surface area contributed by atoms with Crippen molar-refractivity contribution in [2.24, 2.45) is 4.99 Å². The Bertz CT molecular complexity index is 913. The Kier molecular flexibility index (Phi) is 6.84. The van der Waals surface area contributed by atoms with Gasteiger partial charge in [0.05, 0.1) is 6.61 Å². The van der Waals surface area contributed by atoms with Crippen molar-refractivity contribution in [3.8, 4) is 5.75 Å². The number of aromatic nitrogens is 3. The van der Waals surface area contributed by atoms with E-state index < -0.39 is 0 Å². The molecule has 0 amide bonds. The van der Waals surface area contributed by atoms with Crippen LogP contribution in [0.4, 0.5) is 0 Å². The molecule has 7 heteroatoms. The molecule has 148 valence electrons. The summed E-state index contributed by atoms with van der Waals surface area (Å²) in [5, 5.41) is 15.0. The number of aliphatic imine (C=N–C) groups is 1. The highest BCUT2D eigenvalue weighted by atomic mass is 16.5. The van der Waals surface area contributed by atoms with Gasteiger partial charge in [-0.1, -0.05) is 24.3 Å². The number of pyridine rings is 1. The van der Waals surface area contributed by atoms with E-state index in [1.165, 1.54) is 11.1 Å². The van der Waals surface area contributed by atoms with E-state index in [2.05, 4.69) is 57.9 Å². The van der Waals surface area contributed by atoms with Crippen molar-refractivity contribution in [1.29, 1.82) is 0 Å². The fraction of sp³-hybridized carbons (Fsp3) is 0.381. The number of para-hydroxylation sites is 1. The van der Waals surface area contributed by atoms with E-state index >= 15 is 0 Å². The summed E-state index contributed by atoms with van der Waals surface area (Å²) < 4.78 is 7.90. The van der Waals surface area contributed by atoms with Crippen molar-refractivity contribution in [3.63, 3.8) is 0 Å². The molecule has 0 saturated heterocycles. The molecule has 7 nitrogen and oxygen atoms in total. The van der Waals surface area contributed by atoms with Crippen LogP contribution in [0.1, 0.15) is 30.3 Å². The average Bonchev–Trinajstić information content (AvgIpc) is 3.11. The van der Waals surface area contributed by atoms with Gasteiger partial charge >= 0.3 is 0 Å². The van der Waals surface area contributed by atoms with E-state index in [4.69, 9.17) is 4.74 Å². The van der Waals surface area contributed by atoms with Gasteiger partial charge in [0.15, 0.2) is 17.4 Å². The van der Waals surface area contributed by atoms with E-state index in [1.54, 1.807) is 0 Å². The first-order valence-corrected chi connectivity index (χ1v) is 9.69. The monoisotopic (exact) mass is 380 g/mol. The highest BCUT2D eigenvalue weighted by Crippen LogP contribution is 2.22. The number of guanidine groups is 1. The molecule has 2 heterocycles. The van der Waals surface area contributed by atoms with Crippen molar-refractivity contribution in [3.05, 3.63) is 59.5 Å². The number of hydrogen-bond donors (Lipinski definition) is 2. The second-order valence-corrected chi connectivity index (χ2v) is 6.59. The Hall–Kier alpha value is -3.09. The second-order valence-electron chi connectivity index (χ2n) is 6.59. The molecule has 0 atom stereocenters. The lowest BCUT2D eigenvalue weighted by molar-refractivity contribution is 0.307. The zero-order valence-corrected chi connectivity index (χ0v) is 16.8. The van der Waals surface area contributed by atoms with E-state index in [1.807, 2.05) is 35.7 Å². The highest BCUT2D eigenvalue weighted by Gasteiger charge is 2.05. The lowest BCUT2D eigenvalue weighted by Crippen LogP contribution is -2.38. The molecule has 0 aliphatic rings. The Morgan fingerprint density at radius 2 is 1.89 bits per heavy atom. The molecular weight excluding hydrogens is 352 g/mol. The lowest BCUT2D eigenvalue weighted by Gasteiger charge is -2.13. The predicted octanol–water partition coefficient (Wildman–Crippen LogP) is 2.87. The summed E-state index contributed by atoms with van der Waals surface area (Å²) in [6.07, 6.45) is 2.83. The molecule has 0 aliphatic carbocycles. The van der Waals surface area contributed by atoms with Gasteiger partial charge in [-0.15, -0.1) is 10.2 Å². The number of hydrogen-bond acceptors (Lipinski definition) is 4. The number of benzene rings is 1. The smallest absolute Gasteiger partial charge is 0.191 e. The third kappa shape index (κ3) is 5.00. The summed E-state index contributed by atoms with van der Waals surface area (Å²) in [6.45, 7) is 8.89. The molecule has 0 bridgehead atoms. The van der Waals surface area contributed by atoms with Gasteiger partial charge in [-0.3, -0.25) is 4.40 Å². The third-order valence-electron chi connectivity index (χ3n) is 4.38. The van der Waals surface area contributed by atoms with Gasteiger partial charge in [-0.25, -0.2) is 4.99 Å². The van der Waals surface area contributed by atoms with Gasteiger partial charge in [0.1, 0.15) is 12.3 Å². The Morgan fingerprint density at radius 1 is 1.07 bits per heavy atom. The van der Waals surface area contributed by atoms with E-state index in [-0.39, 0.29) is 0 Å². The van der Waals surface area contributed by atoms with Crippen LogP contribution >= 0.6 is 0 Å². The van der Waals surface area contributed by atoms with E-state index in [0.717, 1.165) is 42.7 Å². The zero-order valence-electron chi connectivity index (χ0n) is 16.8. The predicted molar refractivity (Wildman–Crippen MR) is 112 cm³/mol. The van der Waals surface area contributed by atoms with Crippen molar-refractivity contribution >= 4 is 11.6 Å². The standard InChI is InChI=1S/C21H28N6O/c1-4-22-21(24-15-19-26-25-18-11-5-6-13-27(18)19)23-12-8-14-28-20-16(2)9-7-10-17(20)3/h5-7,9-11,13H,4,8,12,14-15H2,1-3H3,(H2,22,23,24). The zero-order chi connectivity index (χ0) is 19.8. The van der Waals surface area contributed by atoms with Crippen molar-refractivity contribution in [1.82, 2.24) is 25.2 Å². The van der Waals surface area contributed by atoms with Crippen LogP contribution in [0.25, 0.3) is 5.65 Å². The molecular formula is C21H28N6O. The van der Waals surface area contributed by atoms with Crippen LogP contribution in [-0.2, 0) is 6.54 Å². The van der Waals surface area contributed by atoms with Gasteiger partial charge in [-0.2, -0.15) is 0 Å². The largest absolute Gasteiger partial charge is 0.493 e. The molecule has 0 fully saturated rings. The number of rotatable bonds is 8. The van der Waals surface area contributed by atoms with Gasteiger partial charge < -0.3 is 15.4 Å². The number of fused-ring (bicyclic) bond motifs is 1. The maximum Gasteiger partial charge on any atom is 0.191 e. The Labute approximate surface area is 165 Å². The van der Waals surface area contributed by atoms with Crippen LogP contribution in [0.2, 0.25) is 0 Å². The maximum atomic E-state index is 5.95. The van der Waals surface area contributed by atoms with Gasteiger partial charge in [0.2, 0.25) is 0 Å². The minimum absolute atomic E-state index is 0.458. The normalized spacial score (nSPS) is 11.6. The Balaban J connectivity index is 1.50. The number of ether oxygens (including phenoxy) is 1. The Morgan fingerprint density at radius 3 is 2.68 bits per heavy atom. The summed E-state index contributed by atoms with van der Waals surface area (Å²) in [4.78, 5) is 4.62. The topological polar surface area (TPSA) is 75.8 Å². The molecule has 0 unspecified atom stereocenters. The van der Waals surface area contributed by atoms with Crippen LogP contribution in [0.5, 0.6) is 5.75 Å². The lowest BCUT2D eigenvalue weighted by atomic mass is 10.1. The first-order chi connectivity index (χ1) is 13.7. The van der Waals surface area contributed by atoms with Crippen molar-refractivity contribution < 1.29 is 4.74 Å². The average molecular weight is 380 g/mol. The number of nitrogens with one attached hydrogen (secondary N) is 2. The van der Waals surface area contributed by atoms with Gasteiger partial charge in [0, 0.05) is 19.3 Å². The molecule has 0 saturated carbocycles. The molecule has 28 heavy (non-hydrogen) atoms. The SMILES string of the molecule is CCNC(=NCc1nnc2ccccn12)NCCCOc1c(C)cccc1C.